The van der Waals surface area contributed by atoms with Gasteiger partial charge in [0, 0.05) is 0 Å². The number of esters is 2. The largest absolute Gasteiger partial charge is 0.481 e. The predicted octanol–water partition coefficient (Wildman–Crippen LogP) is 5.17. The van der Waals surface area contributed by atoms with Crippen LogP contribution in [0.15, 0.2) is 0 Å². The Hall–Kier alpha value is -1.63. The molecule has 0 aromatic carbocycles. The molecule has 1 atom stereocenters. The summed E-state index contributed by atoms with van der Waals surface area (Å²) in [5, 5.41) is 19.5. The molecule has 31 heavy (non-hydrogen) atoms. The maximum Gasteiger partial charge on any atom is 0.339 e. The number of carbonyl (C=O) groups is 3. The second kappa shape index (κ2) is 19.1. The molecule has 2 N–H and O–H groups in total. The van der Waals surface area contributed by atoms with Crippen LogP contribution < -0.4 is 0 Å². The molecule has 0 aliphatic rings. The molecule has 0 saturated carbocycles. The Kier molecular flexibility index (Phi) is 18.1. The minimum absolute atomic E-state index is 0.0997. The highest BCUT2D eigenvalue weighted by molar-refractivity contribution is 5.89. The Morgan fingerprint density at radius 2 is 1.06 bits per heavy atom. The highest BCUT2D eigenvalue weighted by atomic mass is 16.6. The fraction of sp³-hybridized carbons (Fsp3) is 0.875. The lowest BCUT2D eigenvalue weighted by Crippen LogP contribution is -2.44. The highest BCUT2D eigenvalue weighted by Gasteiger charge is 2.42. The Balaban J connectivity index is 4.21. The number of rotatable bonds is 21. The van der Waals surface area contributed by atoms with E-state index in [4.69, 9.17) is 14.6 Å². The molecule has 0 bridgehead atoms. The number of hydrogen-bond acceptors (Lipinski definition) is 6. The first-order valence-corrected chi connectivity index (χ1v) is 12.1. The summed E-state index contributed by atoms with van der Waals surface area (Å²) in [6.45, 7) is 4.61. The molecule has 0 amide bonds. The Morgan fingerprint density at radius 3 is 1.52 bits per heavy atom. The van der Waals surface area contributed by atoms with Crippen LogP contribution in [0.2, 0.25) is 0 Å². The minimum Gasteiger partial charge on any atom is -0.481 e. The van der Waals surface area contributed by atoms with Crippen LogP contribution in [0.1, 0.15) is 117 Å². The fourth-order valence-corrected chi connectivity index (χ4v) is 3.35. The summed E-state index contributed by atoms with van der Waals surface area (Å²) in [5.74, 6) is -3.24. The fourth-order valence-electron chi connectivity index (χ4n) is 3.35. The molecule has 182 valence electrons. The predicted molar refractivity (Wildman–Crippen MR) is 120 cm³/mol. The van der Waals surface area contributed by atoms with Gasteiger partial charge in [-0.15, -0.1) is 0 Å². The van der Waals surface area contributed by atoms with Crippen LogP contribution >= 0.6 is 0 Å². The molecular formula is C24H44O7. The second-order valence-corrected chi connectivity index (χ2v) is 8.38. The Morgan fingerprint density at radius 1 is 0.645 bits per heavy atom. The molecule has 0 radical (unpaired) electrons. The third-order valence-corrected chi connectivity index (χ3v) is 5.25. The standard InChI is InChI=1S/C24H44O7/c1-3-5-7-9-11-12-14-16-18-31-23(28)24(29,19-21(25)26)20-22(27)30-17-15-13-10-8-6-4-2/h29H,3-20H2,1-2H3,(H,25,26). The zero-order valence-corrected chi connectivity index (χ0v) is 19.7. The lowest BCUT2D eigenvalue weighted by molar-refractivity contribution is -0.176. The topological polar surface area (TPSA) is 110 Å². The number of carboxylic acid groups (broad SMARTS) is 1. The van der Waals surface area contributed by atoms with E-state index in [-0.39, 0.29) is 13.2 Å². The van der Waals surface area contributed by atoms with Crippen LogP contribution in [0.4, 0.5) is 0 Å². The lowest BCUT2D eigenvalue weighted by Gasteiger charge is -2.23. The summed E-state index contributed by atoms with van der Waals surface area (Å²) < 4.78 is 10.1. The summed E-state index contributed by atoms with van der Waals surface area (Å²) in [5.41, 5.74) is -2.40. The van der Waals surface area contributed by atoms with Crippen LogP contribution in [0, 0.1) is 0 Å². The van der Waals surface area contributed by atoms with Crippen LogP contribution in [0.5, 0.6) is 0 Å². The van der Waals surface area contributed by atoms with Crippen molar-refractivity contribution in [1.29, 1.82) is 0 Å². The van der Waals surface area contributed by atoms with Gasteiger partial charge in [-0.3, -0.25) is 9.59 Å². The van der Waals surface area contributed by atoms with Gasteiger partial charge in [-0.05, 0) is 12.8 Å². The van der Waals surface area contributed by atoms with Crippen LogP contribution in [0.3, 0.4) is 0 Å². The van der Waals surface area contributed by atoms with E-state index >= 15 is 0 Å². The zero-order valence-electron chi connectivity index (χ0n) is 19.7. The van der Waals surface area contributed by atoms with Gasteiger partial charge in [-0.2, -0.15) is 0 Å². The number of hydrogen-bond donors (Lipinski definition) is 2. The van der Waals surface area contributed by atoms with Crippen molar-refractivity contribution in [2.45, 2.75) is 122 Å². The van der Waals surface area contributed by atoms with E-state index in [1.54, 1.807) is 0 Å². The van der Waals surface area contributed by atoms with Crippen molar-refractivity contribution in [1.82, 2.24) is 0 Å². The van der Waals surface area contributed by atoms with Gasteiger partial charge in [-0.25, -0.2) is 4.79 Å². The van der Waals surface area contributed by atoms with E-state index in [2.05, 4.69) is 13.8 Å². The maximum atomic E-state index is 12.3. The molecule has 0 spiro atoms. The average molecular weight is 445 g/mol. The number of aliphatic hydroxyl groups is 1. The molecule has 0 aromatic rings. The first kappa shape index (κ1) is 29.4. The van der Waals surface area contributed by atoms with Crippen molar-refractivity contribution in [3.8, 4) is 0 Å². The van der Waals surface area contributed by atoms with E-state index in [9.17, 15) is 19.5 Å². The van der Waals surface area contributed by atoms with Crippen molar-refractivity contribution >= 4 is 17.9 Å². The number of ether oxygens (including phenoxy) is 2. The molecule has 0 heterocycles. The van der Waals surface area contributed by atoms with Crippen molar-refractivity contribution in [3.05, 3.63) is 0 Å². The minimum atomic E-state index is -2.40. The Bertz CT molecular complexity index is 492. The van der Waals surface area contributed by atoms with E-state index in [1.165, 1.54) is 32.1 Å². The monoisotopic (exact) mass is 444 g/mol. The first-order chi connectivity index (χ1) is 14.9. The summed E-state index contributed by atoms with van der Waals surface area (Å²) in [6, 6.07) is 0. The molecule has 0 saturated heterocycles. The van der Waals surface area contributed by atoms with Gasteiger partial charge in [-0.1, -0.05) is 90.9 Å². The Labute approximate surface area is 187 Å². The van der Waals surface area contributed by atoms with E-state index in [1.807, 2.05) is 0 Å². The molecule has 0 aliphatic carbocycles. The summed E-state index contributed by atoms with van der Waals surface area (Å²) in [7, 11) is 0. The first-order valence-electron chi connectivity index (χ1n) is 12.1. The molecule has 0 aliphatic heterocycles. The smallest absolute Gasteiger partial charge is 0.339 e. The quantitative estimate of drug-likeness (QED) is 0.186. The average Bonchev–Trinajstić information content (AvgIpc) is 2.71. The van der Waals surface area contributed by atoms with Gasteiger partial charge in [0.2, 0.25) is 0 Å². The zero-order chi connectivity index (χ0) is 23.4. The summed E-state index contributed by atoms with van der Waals surface area (Å²) in [4.78, 5) is 35.4. The van der Waals surface area contributed by atoms with E-state index < -0.39 is 36.4 Å². The van der Waals surface area contributed by atoms with E-state index in [0.29, 0.717) is 12.8 Å². The van der Waals surface area contributed by atoms with Crippen molar-refractivity contribution < 1.29 is 34.1 Å². The molecule has 0 aromatic heterocycles. The van der Waals surface area contributed by atoms with Gasteiger partial charge in [0.25, 0.3) is 0 Å². The van der Waals surface area contributed by atoms with Gasteiger partial charge in [0.05, 0.1) is 26.1 Å². The molecule has 0 rings (SSSR count). The second-order valence-electron chi connectivity index (χ2n) is 8.38. The SMILES string of the molecule is CCCCCCCCCCOC(=O)C(O)(CC(=O)O)CC(=O)OCCCCCCCC. The number of carboxylic acids is 1. The molecule has 7 heteroatoms. The van der Waals surface area contributed by atoms with Crippen molar-refractivity contribution in [3.63, 3.8) is 0 Å². The number of carbonyl (C=O) groups excluding carboxylic acids is 2. The molecule has 7 nitrogen and oxygen atoms in total. The normalized spacial score (nSPS) is 12.9. The molecule has 1 unspecified atom stereocenters. The van der Waals surface area contributed by atoms with Crippen molar-refractivity contribution in [2.24, 2.45) is 0 Å². The summed E-state index contributed by atoms with van der Waals surface area (Å²) >= 11 is 0. The lowest BCUT2D eigenvalue weighted by atomic mass is 9.95. The van der Waals surface area contributed by atoms with Gasteiger partial charge in [0.15, 0.2) is 5.60 Å². The van der Waals surface area contributed by atoms with Crippen LogP contribution in [-0.4, -0.2) is 46.9 Å². The van der Waals surface area contributed by atoms with Crippen molar-refractivity contribution in [2.75, 3.05) is 13.2 Å². The number of aliphatic carboxylic acids is 1. The molecular weight excluding hydrogens is 400 g/mol. The number of unbranched alkanes of at least 4 members (excludes halogenated alkanes) is 12. The highest BCUT2D eigenvalue weighted by Crippen LogP contribution is 2.20. The van der Waals surface area contributed by atoms with Gasteiger partial charge >= 0.3 is 17.9 Å². The van der Waals surface area contributed by atoms with Crippen LogP contribution in [0.25, 0.3) is 0 Å². The van der Waals surface area contributed by atoms with E-state index in [0.717, 1.165) is 44.9 Å². The molecule has 0 fully saturated rings. The third-order valence-electron chi connectivity index (χ3n) is 5.25. The summed E-state index contributed by atoms with van der Waals surface area (Å²) in [6.07, 6.45) is 13.2. The van der Waals surface area contributed by atoms with Gasteiger partial charge in [0.1, 0.15) is 0 Å². The maximum absolute atomic E-state index is 12.3. The third kappa shape index (κ3) is 16.7. The van der Waals surface area contributed by atoms with Gasteiger partial charge < -0.3 is 19.7 Å². The van der Waals surface area contributed by atoms with Crippen LogP contribution in [-0.2, 0) is 23.9 Å².